The van der Waals surface area contributed by atoms with Crippen molar-refractivity contribution in [3.63, 3.8) is 0 Å². The first kappa shape index (κ1) is 13.6. The van der Waals surface area contributed by atoms with Gasteiger partial charge in [0.25, 0.3) is 9.05 Å². The van der Waals surface area contributed by atoms with Crippen molar-refractivity contribution in [2.24, 2.45) is 0 Å². The zero-order chi connectivity index (χ0) is 13.2. The van der Waals surface area contributed by atoms with Gasteiger partial charge < -0.3 is 4.57 Å². The molecule has 0 bridgehead atoms. The van der Waals surface area contributed by atoms with E-state index in [9.17, 15) is 8.42 Å². The maximum atomic E-state index is 11.4. The van der Waals surface area contributed by atoms with Gasteiger partial charge in [-0.15, -0.1) is 0 Å². The number of rotatable bonds is 4. The topological polar surface area (TPSA) is 52.0 Å². The van der Waals surface area contributed by atoms with Crippen LogP contribution >= 0.6 is 10.7 Å². The highest BCUT2D eigenvalue weighted by Crippen LogP contribution is 2.26. The van der Waals surface area contributed by atoms with Crippen LogP contribution in [-0.4, -0.2) is 18.0 Å². The molecule has 0 saturated heterocycles. The van der Waals surface area contributed by atoms with E-state index in [1.54, 1.807) is 6.20 Å². The molecule has 0 amide bonds. The molecule has 0 spiro atoms. The Morgan fingerprint density at radius 3 is 2.89 bits per heavy atom. The summed E-state index contributed by atoms with van der Waals surface area (Å²) in [4.78, 5) is 4.16. The Kier molecular flexibility index (Phi) is 4.12. The first-order chi connectivity index (χ1) is 8.52. The number of hydrogen-bond acceptors (Lipinski definition) is 3. The molecule has 1 aromatic rings. The predicted octanol–water partition coefficient (Wildman–Crippen LogP) is 3.04. The molecule has 1 heterocycles. The van der Waals surface area contributed by atoms with E-state index in [0.29, 0.717) is 0 Å². The van der Waals surface area contributed by atoms with Gasteiger partial charge in [-0.1, -0.05) is 19.1 Å². The van der Waals surface area contributed by atoms with E-state index in [1.807, 2.05) is 11.5 Å². The molecule has 4 nitrogen and oxygen atoms in total. The van der Waals surface area contributed by atoms with Crippen LogP contribution in [0.2, 0.25) is 0 Å². The molecule has 1 atom stereocenters. The molecule has 1 aliphatic carbocycles. The van der Waals surface area contributed by atoms with E-state index in [-0.39, 0.29) is 11.1 Å². The molecule has 6 heteroatoms. The van der Waals surface area contributed by atoms with Crippen molar-refractivity contribution in [1.82, 2.24) is 9.55 Å². The van der Waals surface area contributed by atoms with E-state index >= 15 is 0 Å². The fourth-order valence-corrected chi connectivity index (χ4v) is 2.92. The fourth-order valence-electron chi connectivity index (χ4n) is 2.25. The van der Waals surface area contributed by atoms with Gasteiger partial charge in [0.15, 0.2) is 5.03 Å². The third kappa shape index (κ3) is 2.95. The third-order valence-corrected chi connectivity index (χ3v) is 4.27. The molecule has 0 radical (unpaired) electrons. The summed E-state index contributed by atoms with van der Waals surface area (Å²) < 4.78 is 24.7. The number of hydrogen-bond donors (Lipinski definition) is 0. The van der Waals surface area contributed by atoms with Crippen LogP contribution in [0.3, 0.4) is 0 Å². The monoisotopic (exact) mass is 288 g/mol. The second-order valence-electron chi connectivity index (χ2n) is 4.52. The summed E-state index contributed by atoms with van der Waals surface area (Å²) in [5.41, 5.74) is 0. The molecule has 0 N–H and O–H groups in total. The van der Waals surface area contributed by atoms with Crippen molar-refractivity contribution < 1.29 is 8.42 Å². The van der Waals surface area contributed by atoms with Crippen LogP contribution in [0.1, 0.15) is 44.5 Å². The summed E-state index contributed by atoms with van der Waals surface area (Å²) in [6.07, 6.45) is 10.7. The summed E-state index contributed by atoms with van der Waals surface area (Å²) in [5, 5.41) is -0.0356. The lowest BCUT2D eigenvalue weighted by Crippen LogP contribution is -2.11. The minimum absolute atomic E-state index is 0.0356. The lowest BCUT2D eigenvalue weighted by atomic mass is 10.0. The Balaban J connectivity index is 2.40. The van der Waals surface area contributed by atoms with Crippen molar-refractivity contribution in [1.29, 1.82) is 0 Å². The van der Waals surface area contributed by atoms with Gasteiger partial charge in [0.05, 0.1) is 6.04 Å². The highest BCUT2D eigenvalue weighted by atomic mass is 35.7. The second-order valence-corrected chi connectivity index (χ2v) is 7.03. The first-order valence-electron chi connectivity index (χ1n) is 6.21. The molecular weight excluding hydrogens is 272 g/mol. The standard InChI is InChI=1S/C12H17ClN2O2S/c1-2-6-11-14-12(18(13,16)17)9-15(11)10-7-4-3-5-8-10/h4,7,9-10H,2-3,5-6,8H2,1H3. The van der Waals surface area contributed by atoms with Gasteiger partial charge in [0, 0.05) is 23.3 Å². The Morgan fingerprint density at radius 2 is 2.33 bits per heavy atom. The second kappa shape index (κ2) is 5.45. The Labute approximate surface area is 112 Å². The van der Waals surface area contributed by atoms with E-state index in [2.05, 4.69) is 17.1 Å². The highest BCUT2D eigenvalue weighted by molar-refractivity contribution is 8.13. The van der Waals surface area contributed by atoms with E-state index in [4.69, 9.17) is 10.7 Å². The van der Waals surface area contributed by atoms with Crippen LogP contribution in [0.15, 0.2) is 23.4 Å². The number of halogens is 1. The fraction of sp³-hybridized carbons (Fsp3) is 0.583. The van der Waals surface area contributed by atoms with E-state index in [0.717, 1.165) is 37.9 Å². The van der Waals surface area contributed by atoms with Gasteiger partial charge in [-0.25, -0.2) is 13.4 Å². The largest absolute Gasteiger partial charge is 0.327 e. The first-order valence-corrected chi connectivity index (χ1v) is 8.52. The highest BCUT2D eigenvalue weighted by Gasteiger charge is 2.21. The molecule has 1 aliphatic rings. The number of allylic oxidation sites excluding steroid dienone is 2. The molecule has 0 aromatic carbocycles. The molecule has 0 fully saturated rings. The summed E-state index contributed by atoms with van der Waals surface area (Å²) in [5.74, 6) is 0.799. The van der Waals surface area contributed by atoms with E-state index in [1.165, 1.54) is 0 Å². The van der Waals surface area contributed by atoms with Gasteiger partial charge in [-0.2, -0.15) is 0 Å². The molecular formula is C12H17ClN2O2S. The maximum Gasteiger partial charge on any atom is 0.280 e. The van der Waals surface area contributed by atoms with E-state index < -0.39 is 9.05 Å². The number of imidazole rings is 1. The Morgan fingerprint density at radius 1 is 1.56 bits per heavy atom. The quantitative estimate of drug-likeness (QED) is 0.632. The van der Waals surface area contributed by atoms with Crippen LogP contribution < -0.4 is 0 Å². The van der Waals surface area contributed by atoms with Crippen molar-refractivity contribution >= 4 is 19.7 Å². The normalized spacial score (nSPS) is 20.2. The van der Waals surface area contributed by atoms with Crippen LogP contribution in [0.5, 0.6) is 0 Å². The molecule has 18 heavy (non-hydrogen) atoms. The average Bonchev–Trinajstić information content (AvgIpc) is 2.75. The minimum Gasteiger partial charge on any atom is -0.327 e. The SMILES string of the molecule is CCCc1nc(S(=O)(=O)Cl)cn1C1C=CCCC1. The van der Waals surface area contributed by atoms with Gasteiger partial charge >= 0.3 is 0 Å². The summed E-state index contributed by atoms with van der Waals surface area (Å²) in [6, 6.07) is 0.208. The van der Waals surface area contributed by atoms with Crippen molar-refractivity contribution in [3.8, 4) is 0 Å². The van der Waals surface area contributed by atoms with Crippen molar-refractivity contribution in [2.75, 3.05) is 0 Å². The van der Waals surface area contributed by atoms with Crippen molar-refractivity contribution in [2.45, 2.75) is 50.1 Å². The van der Waals surface area contributed by atoms with Crippen LogP contribution in [0, 0.1) is 0 Å². The molecule has 0 aliphatic heterocycles. The van der Waals surface area contributed by atoms with Gasteiger partial charge in [0.1, 0.15) is 5.82 Å². The predicted molar refractivity (Wildman–Crippen MR) is 71.3 cm³/mol. The van der Waals surface area contributed by atoms with Gasteiger partial charge in [-0.05, 0) is 25.7 Å². The zero-order valence-corrected chi connectivity index (χ0v) is 11.9. The summed E-state index contributed by atoms with van der Waals surface area (Å²) >= 11 is 0. The summed E-state index contributed by atoms with van der Waals surface area (Å²) in [7, 11) is 1.62. The molecule has 100 valence electrons. The van der Waals surface area contributed by atoms with Crippen molar-refractivity contribution in [3.05, 3.63) is 24.2 Å². The van der Waals surface area contributed by atoms with Crippen LogP contribution in [-0.2, 0) is 15.5 Å². The number of aryl methyl sites for hydroxylation is 1. The zero-order valence-electron chi connectivity index (χ0n) is 10.3. The minimum atomic E-state index is -3.75. The summed E-state index contributed by atoms with van der Waals surface area (Å²) in [6.45, 7) is 2.05. The average molecular weight is 289 g/mol. The van der Waals surface area contributed by atoms with Gasteiger partial charge in [0.2, 0.25) is 0 Å². The third-order valence-electron chi connectivity index (χ3n) is 3.10. The molecule has 2 rings (SSSR count). The number of aromatic nitrogens is 2. The maximum absolute atomic E-state index is 11.4. The van der Waals surface area contributed by atoms with Crippen LogP contribution in [0.4, 0.5) is 0 Å². The van der Waals surface area contributed by atoms with Gasteiger partial charge in [-0.3, -0.25) is 0 Å². The molecule has 1 aromatic heterocycles. The van der Waals surface area contributed by atoms with Crippen LogP contribution in [0.25, 0.3) is 0 Å². The molecule has 1 unspecified atom stereocenters. The Bertz CT molecular complexity index is 548. The smallest absolute Gasteiger partial charge is 0.280 e. The molecule has 0 saturated carbocycles. The number of nitrogens with zero attached hydrogens (tertiary/aromatic N) is 2. The lowest BCUT2D eigenvalue weighted by molar-refractivity contribution is 0.498. The lowest BCUT2D eigenvalue weighted by Gasteiger charge is -2.19. The Hall–Kier alpha value is -0.810.